The number of nitrogens with one attached hydrogen (secondary N) is 2. The molecule has 1 amide bonds. The summed E-state index contributed by atoms with van der Waals surface area (Å²) in [4.78, 5) is 13.8. The highest BCUT2D eigenvalue weighted by molar-refractivity contribution is 9.10. The third kappa shape index (κ3) is 5.13. The Morgan fingerprint density at radius 2 is 1.72 bits per heavy atom. The molecule has 2 N–H and O–H groups in total. The van der Waals surface area contributed by atoms with Gasteiger partial charge < -0.3 is 10.2 Å². The molecular weight excluding hydrogens is 383 g/mol. The topological polar surface area (TPSA) is 33.5 Å². The number of amides is 1. The Morgan fingerprint density at radius 3 is 2.44 bits per heavy atom. The molecule has 0 unspecified atom stereocenters. The van der Waals surface area contributed by atoms with E-state index in [0.717, 1.165) is 12.1 Å². The van der Waals surface area contributed by atoms with E-state index in [1.54, 1.807) is 11.0 Å². The highest BCUT2D eigenvalue weighted by atomic mass is 79.9. The third-order valence-corrected chi connectivity index (χ3v) is 5.16. The molecule has 3 rings (SSSR count). The summed E-state index contributed by atoms with van der Waals surface area (Å²) in [6.07, 6.45) is 4.01. The SMILES string of the molecule is O=C(NCc1ccc(C[NH+]2CCCCC2)cc1)c1cc(Br)ccc1F. The van der Waals surface area contributed by atoms with Gasteiger partial charge in [0.1, 0.15) is 12.4 Å². The summed E-state index contributed by atoms with van der Waals surface area (Å²) in [7, 11) is 0. The van der Waals surface area contributed by atoms with Gasteiger partial charge in [0.25, 0.3) is 5.91 Å². The summed E-state index contributed by atoms with van der Waals surface area (Å²) in [5, 5.41) is 2.78. The molecule has 0 bridgehead atoms. The van der Waals surface area contributed by atoms with Crippen molar-refractivity contribution in [1.82, 2.24) is 5.32 Å². The molecular formula is C20H23BrFN2O+. The van der Waals surface area contributed by atoms with E-state index in [0.29, 0.717) is 11.0 Å². The molecule has 2 aromatic carbocycles. The van der Waals surface area contributed by atoms with Crippen LogP contribution in [0.4, 0.5) is 4.39 Å². The predicted octanol–water partition coefficient (Wildman–Crippen LogP) is 3.09. The van der Waals surface area contributed by atoms with Crippen LogP contribution >= 0.6 is 15.9 Å². The summed E-state index contributed by atoms with van der Waals surface area (Å²) in [6, 6.07) is 12.7. The minimum Gasteiger partial charge on any atom is -0.348 e. The van der Waals surface area contributed by atoms with Crippen LogP contribution in [0.1, 0.15) is 40.7 Å². The number of benzene rings is 2. The molecule has 0 radical (unpaired) electrons. The molecule has 1 fully saturated rings. The van der Waals surface area contributed by atoms with Crippen LogP contribution in [0, 0.1) is 5.82 Å². The molecule has 0 atom stereocenters. The second kappa shape index (κ2) is 8.59. The highest BCUT2D eigenvalue weighted by Gasteiger charge is 2.14. The van der Waals surface area contributed by atoms with Crippen LogP contribution in [-0.4, -0.2) is 19.0 Å². The molecule has 0 aliphatic carbocycles. The Balaban J connectivity index is 1.54. The maximum absolute atomic E-state index is 13.7. The van der Waals surface area contributed by atoms with Crippen molar-refractivity contribution in [3.63, 3.8) is 0 Å². The average molecular weight is 406 g/mol. The maximum Gasteiger partial charge on any atom is 0.254 e. The molecule has 1 aliphatic heterocycles. The van der Waals surface area contributed by atoms with E-state index in [4.69, 9.17) is 0 Å². The van der Waals surface area contributed by atoms with Gasteiger partial charge in [-0.2, -0.15) is 0 Å². The maximum atomic E-state index is 13.7. The van der Waals surface area contributed by atoms with Crippen molar-refractivity contribution in [2.24, 2.45) is 0 Å². The van der Waals surface area contributed by atoms with E-state index in [9.17, 15) is 9.18 Å². The molecule has 3 nitrogen and oxygen atoms in total. The van der Waals surface area contributed by atoms with Crippen LogP contribution in [0.25, 0.3) is 0 Å². The molecule has 1 aliphatic rings. The molecule has 1 heterocycles. The van der Waals surface area contributed by atoms with Gasteiger partial charge in [-0.1, -0.05) is 40.2 Å². The molecule has 1 saturated heterocycles. The third-order valence-electron chi connectivity index (χ3n) is 4.66. The second-order valence-corrected chi connectivity index (χ2v) is 7.53. The lowest BCUT2D eigenvalue weighted by molar-refractivity contribution is -0.918. The molecule has 0 saturated carbocycles. The smallest absolute Gasteiger partial charge is 0.254 e. The van der Waals surface area contributed by atoms with Crippen LogP contribution in [0.5, 0.6) is 0 Å². The Morgan fingerprint density at radius 1 is 1.04 bits per heavy atom. The first-order chi connectivity index (χ1) is 12.1. The van der Waals surface area contributed by atoms with E-state index in [2.05, 4.69) is 33.4 Å². The van der Waals surface area contributed by atoms with Crippen molar-refractivity contribution >= 4 is 21.8 Å². The zero-order valence-electron chi connectivity index (χ0n) is 14.2. The second-order valence-electron chi connectivity index (χ2n) is 6.61. The average Bonchev–Trinajstić information content (AvgIpc) is 2.64. The van der Waals surface area contributed by atoms with Crippen LogP contribution in [0.15, 0.2) is 46.9 Å². The van der Waals surface area contributed by atoms with Gasteiger partial charge in [0.05, 0.1) is 18.7 Å². The van der Waals surface area contributed by atoms with Gasteiger partial charge in [0.2, 0.25) is 0 Å². The summed E-state index contributed by atoms with van der Waals surface area (Å²) < 4.78 is 14.4. The lowest BCUT2D eigenvalue weighted by Gasteiger charge is -2.23. The van der Waals surface area contributed by atoms with Crippen LogP contribution in [0.2, 0.25) is 0 Å². The van der Waals surface area contributed by atoms with E-state index in [1.165, 1.54) is 50.0 Å². The number of carbonyl (C=O) groups is 1. The Kier molecular flexibility index (Phi) is 6.21. The fourth-order valence-corrected chi connectivity index (χ4v) is 3.60. The minimum atomic E-state index is -0.513. The quantitative estimate of drug-likeness (QED) is 0.787. The van der Waals surface area contributed by atoms with Gasteiger partial charge in [-0.15, -0.1) is 0 Å². The number of rotatable bonds is 5. The molecule has 25 heavy (non-hydrogen) atoms. The number of halogens is 2. The number of hydrogen-bond acceptors (Lipinski definition) is 1. The minimum absolute atomic E-state index is 0.0553. The molecule has 0 spiro atoms. The van der Waals surface area contributed by atoms with Gasteiger partial charge >= 0.3 is 0 Å². The van der Waals surface area contributed by atoms with Crippen LogP contribution < -0.4 is 10.2 Å². The van der Waals surface area contributed by atoms with E-state index in [1.807, 2.05) is 12.1 Å². The monoisotopic (exact) mass is 405 g/mol. The van der Waals surface area contributed by atoms with E-state index < -0.39 is 11.7 Å². The Labute approximate surface area is 156 Å². The summed E-state index contributed by atoms with van der Waals surface area (Å²) in [5.41, 5.74) is 2.39. The first-order valence-electron chi connectivity index (χ1n) is 8.76. The molecule has 2 aromatic rings. The Hall–Kier alpha value is -1.72. The summed E-state index contributed by atoms with van der Waals surface area (Å²) in [6.45, 7) is 3.98. The molecule has 0 aromatic heterocycles. The van der Waals surface area contributed by atoms with Crippen molar-refractivity contribution in [1.29, 1.82) is 0 Å². The van der Waals surface area contributed by atoms with Crippen LogP contribution in [0.3, 0.4) is 0 Å². The van der Waals surface area contributed by atoms with Gasteiger partial charge in [0, 0.05) is 16.6 Å². The lowest BCUT2D eigenvalue weighted by atomic mass is 10.1. The van der Waals surface area contributed by atoms with Gasteiger partial charge in [-0.25, -0.2) is 4.39 Å². The zero-order valence-corrected chi connectivity index (χ0v) is 15.7. The van der Waals surface area contributed by atoms with E-state index in [-0.39, 0.29) is 5.56 Å². The standard InChI is InChI=1S/C20H22BrFN2O/c21-17-8-9-19(22)18(12-17)20(25)23-13-15-4-6-16(7-5-15)14-24-10-2-1-3-11-24/h4-9,12H,1-3,10-11,13-14H2,(H,23,25)/p+1. The molecule has 132 valence electrons. The normalized spacial score (nSPS) is 15.1. The van der Waals surface area contributed by atoms with Gasteiger partial charge in [-0.05, 0) is 43.0 Å². The zero-order chi connectivity index (χ0) is 17.6. The fourth-order valence-electron chi connectivity index (χ4n) is 3.24. The number of piperidine rings is 1. The van der Waals surface area contributed by atoms with Gasteiger partial charge in [0.15, 0.2) is 0 Å². The van der Waals surface area contributed by atoms with Crippen molar-refractivity contribution in [3.8, 4) is 0 Å². The first kappa shape index (κ1) is 18.1. The van der Waals surface area contributed by atoms with Crippen molar-refractivity contribution < 1.29 is 14.1 Å². The first-order valence-corrected chi connectivity index (χ1v) is 9.56. The number of carbonyl (C=O) groups excluding carboxylic acids is 1. The summed E-state index contributed by atoms with van der Waals surface area (Å²) in [5.74, 6) is -0.916. The number of hydrogen-bond donors (Lipinski definition) is 2. The van der Waals surface area contributed by atoms with Crippen LogP contribution in [-0.2, 0) is 13.1 Å². The summed E-state index contributed by atoms with van der Waals surface area (Å²) >= 11 is 3.26. The Bertz CT molecular complexity index is 727. The van der Waals surface area contributed by atoms with E-state index >= 15 is 0 Å². The fraction of sp³-hybridized carbons (Fsp3) is 0.350. The molecule has 5 heteroatoms. The number of likely N-dealkylation sites (tertiary alicyclic amines) is 1. The predicted molar refractivity (Wildman–Crippen MR) is 100.0 cm³/mol. The lowest BCUT2D eigenvalue weighted by Crippen LogP contribution is -3.11. The highest BCUT2D eigenvalue weighted by Crippen LogP contribution is 2.15. The van der Waals surface area contributed by atoms with Crippen molar-refractivity contribution in [2.75, 3.05) is 13.1 Å². The largest absolute Gasteiger partial charge is 0.348 e. The van der Waals surface area contributed by atoms with Gasteiger partial charge in [-0.3, -0.25) is 4.79 Å². The number of quaternary nitrogens is 1. The van der Waals surface area contributed by atoms with Crippen molar-refractivity contribution in [3.05, 3.63) is 69.4 Å². The van der Waals surface area contributed by atoms with Crippen molar-refractivity contribution in [2.45, 2.75) is 32.4 Å².